The molecule has 0 heterocycles. The van der Waals surface area contributed by atoms with Crippen molar-refractivity contribution in [3.63, 3.8) is 0 Å². The van der Waals surface area contributed by atoms with Gasteiger partial charge in [0.05, 0.1) is 0 Å². The summed E-state index contributed by atoms with van der Waals surface area (Å²) in [7, 11) is 0. The van der Waals surface area contributed by atoms with E-state index in [1.807, 2.05) is 27.7 Å². The Balaban J connectivity index is 3.73. The third-order valence-corrected chi connectivity index (χ3v) is 2.53. The van der Waals surface area contributed by atoms with Crippen LogP contribution in [0.25, 0.3) is 0 Å². The molecule has 104 valence electrons. The van der Waals surface area contributed by atoms with Crippen LogP contribution in [0.3, 0.4) is 0 Å². The minimum atomic E-state index is -0.111. The van der Waals surface area contributed by atoms with Crippen LogP contribution in [-0.2, 0) is 0 Å². The molecule has 0 radical (unpaired) electrons. The van der Waals surface area contributed by atoms with E-state index < -0.39 is 0 Å². The average Bonchev–Trinajstić information content (AvgIpc) is 2.20. The van der Waals surface area contributed by atoms with E-state index in [-0.39, 0.29) is 11.0 Å². The van der Waals surface area contributed by atoms with Crippen LogP contribution in [-0.4, -0.2) is 17.0 Å². The quantitative estimate of drug-likeness (QED) is 0.226. The van der Waals surface area contributed by atoms with E-state index in [9.17, 15) is 0 Å². The molecule has 0 aliphatic rings. The van der Waals surface area contributed by atoms with Crippen molar-refractivity contribution < 1.29 is 5.21 Å². The molecule has 0 unspecified atom stereocenters. The van der Waals surface area contributed by atoms with E-state index in [0.29, 0.717) is 0 Å². The number of nitrogens with two attached hydrogens (primary N) is 1. The van der Waals surface area contributed by atoms with E-state index in [4.69, 9.17) is 10.9 Å². The lowest BCUT2D eigenvalue weighted by atomic mass is 9.91. The third-order valence-electron chi connectivity index (χ3n) is 2.53. The van der Waals surface area contributed by atoms with Gasteiger partial charge in [0, 0.05) is 17.2 Å². The molecule has 3 N–H and O–H groups in total. The van der Waals surface area contributed by atoms with Gasteiger partial charge in [0.15, 0.2) is 0 Å². The fraction of sp³-hybridized carbons (Fsp3) is 0.667. The highest BCUT2D eigenvalue weighted by molar-refractivity contribution is 5.64. The summed E-state index contributed by atoms with van der Waals surface area (Å²) >= 11 is 0. The molecule has 0 aromatic carbocycles. The van der Waals surface area contributed by atoms with Gasteiger partial charge in [-0.1, -0.05) is 38.2 Å². The van der Waals surface area contributed by atoms with Crippen LogP contribution in [0.5, 0.6) is 0 Å². The number of oxime groups is 1. The summed E-state index contributed by atoms with van der Waals surface area (Å²) in [6.45, 7) is 8.14. The van der Waals surface area contributed by atoms with Crippen molar-refractivity contribution in [1.29, 1.82) is 0 Å². The lowest BCUT2D eigenvalue weighted by Gasteiger charge is -2.15. The average molecular weight is 252 g/mol. The minimum absolute atomic E-state index is 0.0787. The van der Waals surface area contributed by atoms with Crippen molar-refractivity contribution in [3.8, 4) is 0 Å². The summed E-state index contributed by atoms with van der Waals surface area (Å²) in [5.41, 5.74) is 5.69. The molecule has 0 saturated carbocycles. The lowest BCUT2D eigenvalue weighted by Crippen LogP contribution is -2.30. The summed E-state index contributed by atoms with van der Waals surface area (Å²) in [5.74, 6) is 0. The second-order valence-electron chi connectivity index (χ2n) is 6.15. The van der Waals surface area contributed by atoms with Crippen LogP contribution in [0.4, 0.5) is 0 Å². The van der Waals surface area contributed by atoms with Crippen LogP contribution in [0.15, 0.2) is 29.5 Å². The number of nitrogens with zero attached hydrogens (tertiary/aromatic N) is 1. The first-order chi connectivity index (χ1) is 8.27. The molecule has 0 atom stereocenters. The van der Waals surface area contributed by atoms with Gasteiger partial charge in [0.1, 0.15) is 0 Å². The molecule has 0 bridgehead atoms. The Hall–Kier alpha value is -1.09. The SMILES string of the molecule is CC(C)(N)C/C=C/CC/C=C/CC(C)(C)/C=N/O. The fourth-order valence-electron chi connectivity index (χ4n) is 1.41. The van der Waals surface area contributed by atoms with Crippen molar-refractivity contribution in [2.45, 2.75) is 58.9 Å². The first-order valence-electron chi connectivity index (χ1n) is 6.54. The van der Waals surface area contributed by atoms with Crippen LogP contribution in [0, 0.1) is 5.41 Å². The van der Waals surface area contributed by atoms with Crippen molar-refractivity contribution in [2.24, 2.45) is 16.3 Å². The van der Waals surface area contributed by atoms with E-state index in [2.05, 4.69) is 29.5 Å². The van der Waals surface area contributed by atoms with Gasteiger partial charge >= 0.3 is 0 Å². The van der Waals surface area contributed by atoms with Gasteiger partial charge in [-0.25, -0.2) is 0 Å². The molecule has 3 nitrogen and oxygen atoms in total. The molecule has 0 aromatic heterocycles. The molecular formula is C15H28N2O. The van der Waals surface area contributed by atoms with Gasteiger partial charge in [-0.15, -0.1) is 5.16 Å². The Bertz CT molecular complexity index is 296. The number of unbranched alkanes of at least 4 members (excludes halogenated alkanes) is 1. The molecule has 18 heavy (non-hydrogen) atoms. The summed E-state index contributed by atoms with van der Waals surface area (Å²) in [5, 5.41) is 11.6. The van der Waals surface area contributed by atoms with Gasteiger partial charge in [0.2, 0.25) is 0 Å². The predicted molar refractivity (Wildman–Crippen MR) is 79.1 cm³/mol. The molecule has 0 fully saturated rings. The maximum Gasteiger partial charge on any atom is 0.0495 e. The number of allylic oxidation sites excluding steroid dienone is 3. The molecule has 0 aliphatic carbocycles. The monoisotopic (exact) mass is 252 g/mol. The highest BCUT2D eigenvalue weighted by Crippen LogP contribution is 2.18. The largest absolute Gasteiger partial charge is 0.411 e. The highest BCUT2D eigenvalue weighted by atomic mass is 16.4. The van der Waals surface area contributed by atoms with Gasteiger partial charge in [-0.3, -0.25) is 0 Å². The first-order valence-corrected chi connectivity index (χ1v) is 6.54. The van der Waals surface area contributed by atoms with Crippen molar-refractivity contribution in [1.82, 2.24) is 0 Å². The lowest BCUT2D eigenvalue weighted by molar-refractivity contribution is 0.313. The Morgan fingerprint density at radius 2 is 1.44 bits per heavy atom. The summed E-state index contributed by atoms with van der Waals surface area (Å²) < 4.78 is 0. The number of hydrogen-bond donors (Lipinski definition) is 2. The Kier molecular flexibility index (Phi) is 7.60. The molecular weight excluding hydrogens is 224 g/mol. The van der Waals surface area contributed by atoms with Gasteiger partial charge in [0.25, 0.3) is 0 Å². The molecule has 0 rings (SSSR count). The normalized spacial score (nSPS) is 14.3. The Morgan fingerprint density at radius 1 is 0.944 bits per heavy atom. The predicted octanol–water partition coefficient (Wildman–Crippen LogP) is 3.88. The van der Waals surface area contributed by atoms with E-state index >= 15 is 0 Å². The van der Waals surface area contributed by atoms with E-state index in [0.717, 1.165) is 25.7 Å². The minimum Gasteiger partial charge on any atom is -0.411 e. The molecule has 0 aliphatic heterocycles. The number of hydrogen-bond acceptors (Lipinski definition) is 3. The molecule has 0 aromatic rings. The van der Waals surface area contributed by atoms with Crippen LogP contribution in [0.1, 0.15) is 53.4 Å². The van der Waals surface area contributed by atoms with Gasteiger partial charge in [-0.2, -0.15) is 0 Å². The summed E-state index contributed by atoms with van der Waals surface area (Å²) in [4.78, 5) is 0. The molecule has 0 saturated heterocycles. The topological polar surface area (TPSA) is 58.6 Å². The van der Waals surface area contributed by atoms with Crippen molar-refractivity contribution in [3.05, 3.63) is 24.3 Å². The van der Waals surface area contributed by atoms with Gasteiger partial charge < -0.3 is 10.9 Å². The standard InChI is InChI=1S/C15H28N2O/c1-14(2,13-17-18)11-9-7-5-6-8-10-12-15(3,4)16/h7-10,13,18H,5-6,11-12,16H2,1-4H3/b9-7+,10-8+,17-13+. The maximum atomic E-state index is 8.49. The zero-order valence-corrected chi connectivity index (χ0v) is 12.2. The number of rotatable bonds is 8. The van der Waals surface area contributed by atoms with Crippen molar-refractivity contribution in [2.75, 3.05) is 0 Å². The van der Waals surface area contributed by atoms with E-state index in [1.54, 1.807) is 6.21 Å². The van der Waals surface area contributed by atoms with Crippen molar-refractivity contribution >= 4 is 6.21 Å². The Morgan fingerprint density at radius 3 is 1.89 bits per heavy atom. The third kappa shape index (κ3) is 11.4. The zero-order chi connectivity index (χ0) is 14.1. The van der Waals surface area contributed by atoms with Gasteiger partial charge in [-0.05, 0) is 39.5 Å². The smallest absolute Gasteiger partial charge is 0.0495 e. The fourth-order valence-corrected chi connectivity index (χ4v) is 1.41. The van der Waals surface area contributed by atoms with Crippen LogP contribution >= 0.6 is 0 Å². The highest BCUT2D eigenvalue weighted by Gasteiger charge is 2.12. The maximum absolute atomic E-state index is 8.49. The van der Waals surface area contributed by atoms with Crippen LogP contribution < -0.4 is 5.73 Å². The second-order valence-corrected chi connectivity index (χ2v) is 6.15. The molecule has 3 heteroatoms. The summed E-state index contributed by atoms with van der Waals surface area (Å²) in [6, 6.07) is 0. The zero-order valence-electron chi connectivity index (χ0n) is 12.2. The molecule has 0 amide bonds. The second kappa shape index (κ2) is 8.09. The van der Waals surface area contributed by atoms with E-state index in [1.165, 1.54) is 0 Å². The molecule has 0 spiro atoms. The Labute approximate surface area is 111 Å². The van der Waals surface area contributed by atoms with Crippen LogP contribution in [0.2, 0.25) is 0 Å². The first kappa shape index (κ1) is 16.9. The summed E-state index contributed by atoms with van der Waals surface area (Å²) in [6.07, 6.45) is 14.1.